The number of hydrogen-bond donors (Lipinski definition) is 2. The highest BCUT2D eigenvalue weighted by Gasteiger charge is 2.50. The van der Waals surface area contributed by atoms with Gasteiger partial charge in [0.1, 0.15) is 23.8 Å². The summed E-state index contributed by atoms with van der Waals surface area (Å²) in [7, 11) is 0. The summed E-state index contributed by atoms with van der Waals surface area (Å²) in [6, 6.07) is 10.1. The summed E-state index contributed by atoms with van der Waals surface area (Å²) in [4.78, 5) is 17.3. The molecule has 0 saturated carbocycles. The van der Waals surface area contributed by atoms with Crippen molar-refractivity contribution in [1.82, 2.24) is 10.6 Å². The Morgan fingerprint density at radius 2 is 1.92 bits per heavy atom. The molecule has 0 aliphatic carbocycles. The number of fused-ring (bicyclic) bond motifs is 1. The maximum atomic E-state index is 15.2. The van der Waals surface area contributed by atoms with Gasteiger partial charge in [-0.1, -0.05) is 30.0 Å². The first-order chi connectivity index (χ1) is 17.1. The zero-order valence-electron chi connectivity index (χ0n) is 18.9. The number of ether oxygens (including phenoxy) is 1. The van der Waals surface area contributed by atoms with Crippen molar-refractivity contribution in [1.29, 1.82) is 0 Å². The van der Waals surface area contributed by atoms with E-state index in [1.54, 1.807) is 30.3 Å². The molecule has 2 aromatic carbocycles. The van der Waals surface area contributed by atoms with E-state index in [2.05, 4.69) is 15.6 Å². The lowest BCUT2D eigenvalue weighted by atomic mass is 9.74. The fourth-order valence-corrected chi connectivity index (χ4v) is 5.52. The third-order valence-corrected chi connectivity index (χ3v) is 7.19. The van der Waals surface area contributed by atoms with Crippen LogP contribution in [0.1, 0.15) is 27.9 Å². The number of rotatable bonds is 6. The van der Waals surface area contributed by atoms with Gasteiger partial charge in [-0.2, -0.15) is 13.2 Å². The van der Waals surface area contributed by atoms with Crippen LogP contribution in [0, 0.1) is 17.6 Å². The second-order valence-electron chi connectivity index (χ2n) is 8.63. The van der Waals surface area contributed by atoms with E-state index < -0.39 is 61.0 Å². The Kier molecular flexibility index (Phi) is 7.96. The van der Waals surface area contributed by atoms with Gasteiger partial charge in [-0.25, -0.2) is 18.2 Å². The number of amides is 1. The van der Waals surface area contributed by atoms with Gasteiger partial charge in [0.15, 0.2) is 5.17 Å². The fraction of sp³-hybridized carbons (Fsp3) is 0.417. The molecule has 2 heterocycles. The minimum absolute atomic E-state index is 0.0817. The Labute approximate surface area is 207 Å². The van der Waals surface area contributed by atoms with E-state index in [0.29, 0.717) is 17.4 Å². The lowest BCUT2D eigenvalue weighted by molar-refractivity contribution is -0.125. The minimum Gasteiger partial charge on any atom is -0.373 e. The molecule has 4 rings (SSSR count). The molecule has 2 aromatic rings. The molecule has 0 unspecified atom stereocenters. The molecule has 2 aliphatic heterocycles. The molecule has 1 fully saturated rings. The highest BCUT2D eigenvalue weighted by Crippen LogP contribution is 2.47. The van der Waals surface area contributed by atoms with Gasteiger partial charge < -0.3 is 15.4 Å². The smallest absolute Gasteiger partial charge is 0.373 e. The Morgan fingerprint density at radius 3 is 2.61 bits per heavy atom. The van der Waals surface area contributed by atoms with E-state index in [4.69, 9.17) is 4.74 Å². The number of amidine groups is 1. The molecule has 0 spiro atoms. The van der Waals surface area contributed by atoms with Crippen LogP contribution in [-0.2, 0) is 16.8 Å². The highest BCUT2D eigenvalue weighted by molar-refractivity contribution is 8.13. The molecule has 0 aromatic heterocycles. The maximum absolute atomic E-state index is 15.2. The molecule has 194 valence electrons. The van der Waals surface area contributed by atoms with Crippen molar-refractivity contribution < 1.29 is 35.9 Å². The second kappa shape index (κ2) is 10.8. The van der Waals surface area contributed by atoms with Crippen LogP contribution in [0.2, 0.25) is 0 Å². The zero-order chi connectivity index (χ0) is 25.9. The average Bonchev–Trinajstić information content (AvgIpc) is 2.84. The van der Waals surface area contributed by atoms with Crippen molar-refractivity contribution in [2.45, 2.75) is 30.8 Å². The zero-order valence-corrected chi connectivity index (χ0v) is 19.7. The molecule has 1 amide bonds. The molecule has 3 atom stereocenters. The number of nitrogens with one attached hydrogen (secondary N) is 2. The van der Waals surface area contributed by atoms with Crippen molar-refractivity contribution in [2.75, 3.05) is 25.6 Å². The van der Waals surface area contributed by atoms with Gasteiger partial charge in [0.05, 0.1) is 19.3 Å². The Hall–Kier alpha value is -2.57. The molecule has 2 N–H and O–H groups in total. The van der Waals surface area contributed by atoms with Crippen LogP contribution in [0.3, 0.4) is 0 Å². The Bertz CT molecular complexity index is 1130. The molecule has 1 saturated heterocycles. The number of carbonyl (C=O) groups is 1. The molecule has 5 nitrogen and oxygen atoms in total. The maximum Gasteiger partial charge on any atom is 0.401 e. The molecule has 2 aliphatic rings. The van der Waals surface area contributed by atoms with Gasteiger partial charge in [-0.3, -0.25) is 4.79 Å². The van der Waals surface area contributed by atoms with Crippen molar-refractivity contribution in [3.63, 3.8) is 0 Å². The molecule has 12 heteroatoms. The monoisotopic (exact) mass is 531 g/mol. The van der Waals surface area contributed by atoms with Crippen LogP contribution in [0.4, 0.5) is 26.3 Å². The van der Waals surface area contributed by atoms with Crippen molar-refractivity contribution in [2.24, 2.45) is 10.9 Å². The van der Waals surface area contributed by atoms with Gasteiger partial charge in [0.2, 0.25) is 0 Å². The molecule has 0 bridgehead atoms. The minimum atomic E-state index is -4.50. The fourth-order valence-electron chi connectivity index (χ4n) is 4.35. The van der Waals surface area contributed by atoms with Gasteiger partial charge in [-0.05, 0) is 24.6 Å². The summed E-state index contributed by atoms with van der Waals surface area (Å²) < 4.78 is 86.3. The Balaban J connectivity index is 1.69. The van der Waals surface area contributed by atoms with Crippen molar-refractivity contribution >= 4 is 22.8 Å². The first-order valence-corrected chi connectivity index (χ1v) is 12.1. The second-order valence-corrected chi connectivity index (χ2v) is 9.64. The number of halogens is 6. The molecular formula is C24H23F6N3O2S. The summed E-state index contributed by atoms with van der Waals surface area (Å²) in [5, 5.41) is 4.98. The predicted octanol–water partition coefficient (Wildman–Crippen LogP) is 4.72. The van der Waals surface area contributed by atoms with Crippen molar-refractivity contribution in [3.8, 4) is 0 Å². The number of thioether (sulfide) groups is 1. The summed E-state index contributed by atoms with van der Waals surface area (Å²) in [6.07, 6.45) is -5.03. The van der Waals surface area contributed by atoms with E-state index in [-0.39, 0.29) is 29.3 Å². The molecule has 36 heavy (non-hydrogen) atoms. The number of alkyl halides is 4. The van der Waals surface area contributed by atoms with Gasteiger partial charge in [-0.15, -0.1) is 0 Å². The van der Waals surface area contributed by atoms with E-state index in [1.165, 1.54) is 11.8 Å². The summed E-state index contributed by atoms with van der Waals surface area (Å²) in [6.45, 7) is -2.84. The SMILES string of the molecule is O=C(NC1=N[C@@]2(c3cc(CNCC(F)(F)F)c(F)cc3F)CO[C@@H](CF)C[C@H]2CS1)c1ccccc1. The standard InChI is InChI=1S/C24H23F6N3O2S/c25-9-17-7-16-11-36-22(32-21(34)14-4-2-1-3-5-14)33-23(16,13-35-17)18-6-15(19(26)8-20(18)27)10-31-12-24(28,29)30/h1-6,8,16-17,31H,7,9-13H2,(H,32,33,34)/t16-,17+,23-/m0/s1. The summed E-state index contributed by atoms with van der Waals surface area (Å²) in [5.41, 5.74) is -1.31. The first-order valence-electron chi connectivity index (χ1n) is 11.1. The van der Waals surface area contributed by atoms with Crippen LogP contribution < -0.4 is 10.6 Å². The molecular weight excluding hydrogens is 508 g/mol. The van der Waals surface area contributed by atoms with Crippen LogP contribution >= 0.6 is 11.8 Å². The van der Waals surface area contributed by atoms with Crippen LogP contribution in [0.15, 0.2) is 47.5 Å². The summed E-state index contributed by atoms with van der Waals surface area (Å²) >= 11 is 1.21. The number of aliphatic imine (C=N–C) groups is 1. The topological polar surface area (TPSA) is 62.7 Å². The van der Waals surface area contributed by atoms with E-state index in [9.17, 15) is 26.7 Å². The van der Waals surface area contributed by atoms with Crippen LogP contribution in [0.5, 0.6) is 0 Å². The number of hydrogen-bond acceptors (Lipinski definition) is 5. The first kappa shape index (κ1) is 26.5. The third-order valence-electron chi connectivity index (χ3n) is 6.16. The number of nitrogens with zero attached hydrogens (tertiary/aromatic N) is 1. The van der Waals surface area contributed by atoms with Crippen LogP contribution in [0.25, 0.3) is 0 Å². The van der Waals surface area contributed by atoms with Gasteiger partial charge in [0.25, 0.3) is 5.91 Å². The largest absolute Gasteiger partial charge is 0.401 e. The lowest BCUT2D eigenvalue weighted by Gasteiger charge is -2.46. The van der Waals surface area contributed by atoms with Crippen molar-refractivity contribution in [3.05, 3.63) is 70.8 Å². The number of benzene rings is 2. The molecule has 0 radical (unpaired) electrons. The Morgan fingerprint density at radius 1 is 1.17 bits per heavy atom. The quantitative estimate of drug-likeness (QED) is 0.530. The van der Waals surface area contributed by atoms with E-state index >= 15 is 4.39 Å². The highest BCUT2D eigenvalue weighted by atomic mass is 32.2. The van der Waals surface area contributed by atoms with Crippen LogP contribution in [-0.4, -0.2) is 48.9 Å². The van der Waals surface area contributed by atoms with Gasteiger partial charge >= 0.3 is 6.18 Å². The lowest BCUT2D eigenvalue weighted by Crippen LogP contribution is -2.51. The predicted molar refractivity (Wildman–Crippen MR) is 123 cm³/mol. The number of carbonyl (C=O) groups excluding carboxylic acids is 1. The average molecular weight is 532 g/mol. The van der Waals surface area contributed by atoms with E-state index in [1.807, 2.05) is 0 Å². The van der Waals surface area contributed by atoms with Gasteiger partial charge in [0, 0.05) is 41.0 Å². The third kappa shape index (κ3) is 5.87. The van der Waals surface area contributed by atoms with E-state index in [0.717, 1.165) is 6.07 Å². The summed E-state index contributed by atoms with van der Waals surface area (Å²) in [5.74, 6) is -2.49. The normalized spacial score (nSPS) is 24.1.